The maximum atomic E-state index is 15.1. The van der Waals surface area contributed by atoms with Gasteiger partial charge in [-0.3, -0.25) is 19.2 Å². The second kappa shape index (κ2) is 13.8. The molecule has 0 aliphatic carbocycles. The minimum atomic E-state index is -1.45. The summed E-state index contributed by atoms with van der Waals surface area (Å²) in [4.78, 5) is 60.0. The van der Waals surface area contributed by atoms with Crippen LogP contribution in [-0.4, -0.2) is 97.1 Å². The fourth-order valence-electron chi connectivity index (χ4n) is 7.88. The lowest BCUT2D eigenvalue weighted by Crippen LogP contribution is -2.59. The Bertz CT molecular complexity index is 1830. The van der Waals surface area contributed by atoms with Crippen molar-refractivity contribution in [1.29, 1.82) is 0 Å². The fraction of sp³-hybridized carbons (Fsp3) is 0.459. The van der Waals surface area contributed by atoms with E-state index in [4.69, 9.17) is 9.47 Å². The fourth-order valence-corrected chi connectivity index (χ4v) is 7.88. The average molecular weight is 683 g/mol. The lowest BCUT2D eigenvalue weighted by Gasteiger charge is -2.40. The number of fused-ring (bicyclic) bond motifs is 3. The van der Waals surface area contributed by atoms with Crippen LogP contribution in [0, 0.1) is 17.8 Å². The Morgan fingerprint density at radius 2 is 1.82 bits per heavy atom. The Hall–Kier alpha value is -4.88. The molecule has 0 unspecified atom stereocenters. The van der Waals surface area contributed by atoms with Crippen molar-refractivity contribution in [3.8, 4) is 0 Å². The molecule has 262 valence electrons. The molecule has 0 radical (unpaired) electrons. The van der Waals surface area contributed by atoms with Crippen LogP contribution >= 0.6 is 0 Å². The van der Waals surface area contributed by atoms with Crippen molar-refractivity contribution >= 4 is 34.7 Å². The first-order chi connectivity index (χ1) is 24.3. The summed E-state index contributed by atoms with van der Waals surface area (Å²) in [5.74, 6) is -3.85. The predicted octanol–water partition coefficient (Wildman–Crippen LogP) is 2.53. The third-order valence-corrected chi connectivity index (χ3v) is 10.7. The van der Waals surface area contributed by atoms with E-state index in [9.17, 15) is 19.5 Å². The van der Waals surface area contributed by atoms with E-state index in [1.807, 2.05) is 74.5 Å². The molecule has 1 aromatic heterocycles. The molecule has 0 saturated carbocycles. The molecule has 13 nitrogen and oxygen atoms in total. The third kappa shape index (κ3) is 5.77. The number of para-hydroxylation sites is 1. The Morgan fingerprint density at radius 1 is 1.04 bits per heavy atom. The van der Waals surface area contributed by atoms with Crippen molar-refractivity contribution in [3.05, 3.63) is 84.5 Å². The highest BCUT2D eigenvalue weighted by atomic mass is 16.5. The minimum Gasteiger partial charge on any atom is -0.463 e. The van der Waals surface area contributed by atoms with Gasteiger partial charge in [-0.15, -0.1) is 5.10 Å². The number of cyclic esters (lactones) is 1. The van der Waals surface area contributed by atoms with Crippen LogP contribution in [0.5, 0.6) is 0 Å². The molecule has 3 amide bonds. The van der Waals surface area contributed by atoms with Crippen molar-refractivity contribution in [1.82, 2.24) is 30.1 Å². The first-order valence-electron chi connectivity index (χ1n) is 17.3. The summed E-state index contributed by atoms with van der Waals surface area (Å²) in [6.45, 7) is 3.58. The highest BCUT2D eigenvalue weighted by Gasteiger charge is 2.74. The molecule has 7 rings (SSSR count). The van der Waals surface area contributed by atoms with Gasteiger partial charge < -0.3 is 29.7 Å². The number of nitrogens with zero attached hydrogens (tertiary/aromatic N) is 5. The largest absolute Gasteiger partial charge is 0.463 e. The first kappa shape index (κ1) is 33.6. The maximum Gasteiger partial charge on any atom is 0.306 e. The molecule has 2 fully saturated rings. The topological polar surface area (TPSA) is 156 Å². The number of likely N-dealkylation sites (tertiary alicyclic amines) is 1. The molecule has 5 heterocycles. The molecule has 4 aliphatic heterocycles. The van der Waals surface area contributed by atoms with Gasteiger partial charge in [0, 0.05) is 13.0 Å². The number of esters is 1. The van der Waals surface area contributed by atoms with Crippen molar-refractivity contribution in [2.75, 3.05) is 19.8 Å². The molecule has 2 aromatic carbocycles. The van der Waals surface area contributed by atoms with E-state index in [2.05, 4.69) is 15.6 Å². The number of hydrogen-bond donors (Lipinski definition) is 2. The summed E-state index contributed by atoms with van der Waals surface area (Å²) in [7, 11) is 0. The molecular weight excluding hydrogens is 640 g/mol. The van der Waals surface area contributed by atoms with E-state index in [0.717, 1.165) is 11.1 Å². The zero-order valence-electron chi connectivity index (χ0n) is 28.1. The number of aromatic nitrogens is 3. The van der Waals surface area contributed by atoms with Gasteiger partial charge in [0.2, 0.25) is 11.8 Å². The summed E-state index contributed by atoms with van der Waals surface area (Å²) >= 11 is 0. The maximum absolute atomic E-state index is 15.1. The van der Waals surface area contributed by atoms with Crippen LogP contribution in [0.15, 0.2) is 78.9 Å². The SMILES string of the molecule is CC[C@H](C)[C@H](CO)N1C(=O)[C@@H]2[C@H]3C(=O)N[C@@H](c4ccccc4)COC(=O)CC/C=C\CN(Cn4nnc5ccccc54)C(=O)[C@@H]1[C@]21C=C[C@H]3O1. The number of carbonyl (C=O) groups excluding carboxylic acids is 4. The molecule has 4 aliphatic rings. The van der Waals surface area contributed by atoms with Crippen molar-refractivity contribution in [2.24, 2.45) is 17.8 Å². The second-order valence-electron chi connectivity index (χ2n) is 13.5. The van der Waals surface area contributed by atoms with E-state index >= 15 is 4.79 Å². The van der Waals surface area contributed by atoms with E-state index in [-0.39, 0.29) is 38.8 Å². The Labute approximate surface area is 289 Å². The van der Waals surface area contributed by atoms with Crippen LogP contribution in [0.3, 0.4) is 0 Å². The Morgan fingerprint density at radius 3 is 2.60 bits per heavy atom. The van der Waals surface area contributed by atoms with Crippen LogP contribution in [0.1, 0.15) is 44.7 Å². The quantitative estimate of drug-likeness (QED) is 0.283. The first-order valence-corrected chi connectivity index (χ1v) is 17.3. The number of hydrogen-bond acceptors (Lipinski definition) is 9. The second-order valence-corrected chi connectivity index (χ2v) is 13.5. The van der Waals surface area contributed by atoms with Gasteiger partial charge in [0.15, 0.2) is 0 Å². The normalized spacial score (nSPS) is 30.3. The highest BCUT2D eigenvalue weighted by molar-refractivity contribution is 6.00. The zero-order valence-corrected chi connectivity index (χ0v) is 28.1. The number of carbonyl (C=O) groups is 4. The van der Waals surface area contributed by atoms with E-state index in [1.54, 1.807) is 27.8 Å². The van der Waals surface area contributed by atoms with Gasteiger partial charge in [0.05, 0.1) is 42.1 Å². The van der Waals surface area contributed by atoms with Crippen LogP contribution in [0.25, 0.3) is 11.0 Å². The number of aliphatic hydroxyl groups is 1. The van der Waals surface area contributed by atoms with E-state index in [1.165, 1.54) is 4.90 Å². The summed E-state index contributed by atoms with van der Waals surface area (Å²) in [5.41, 5.74) is 0.677. The standard InChI is InChI=1S/C37H42N6O7/c1-3-23(2)28(20-44)43-33-36(48)41(22-42-27-15-10-9-14-25(27)39-40-42)19-11-5-8-16-30(45)49-21-26(24-12-6-4-7-13-24)38-34(46)31-29-17-18-37(33,50-29)32(31)35(43)47/h4-7,9-15,17-18,23,26,28-29,31-33,44H,3,8,16,19-22H2,1-2H3,(H,38,46)/b11-5-/t23-,26+,28-,29+,31-,32-,33+,37-/m0/s1. The molecular formula is C37H42N6O7. The monoisotopic (exact) mass is 682 g/mol. The third-order valence-electron chi connectivity index (χ3n) is 10.7. The average Bonchev–Trinajstić information content (AvgIpc) is 3.89. The van der Waals surface area contributed by atoms with Gasteiger partial charge in [0.25, 0.3) is 5.91 Å². The molecule has 13 heteroatoms. The van der Waals surface area contributed by atoms with Crippen LogP contribution in [0.4, 0.5) is 0 Å². The van der Waals surface area contributed by atoms with Gasteiger partial charge in [-0.2, -0.15) is 0 Å². The number of rotatable bonds is 7. The smallest absolute Gasteiger partial charge is 0.306 e. The number of nitrogens with one attached hydrogen (secondary N) is 1. The van der Waals surface area contributed by atoms with Gasteiger partial charge >= 0.3 is 5.97 Å². The minimum absolute atomic E-state index is 0.00788. The van der Waals surface area contributed by atoms with Gasteiger partial charge in [-0.25, -0.2) is 4.68 Å². The van der Waals surface area contributed by atoms with Crippen LogP contribution in [0.2, 0.25) is 0 Å². The summed E-state index contributed by atoms with van der Waals surface area (Å²) in [5, 5.41) is 22.4. The Kier molecular flexibility index (Phi) is 9.27. The summed E-state index contributed by atoms with van der Waals surface area (Å²) in [6, 6.07) is 14.1. The van der Waals surface area contributed by atoms with E-state index in [0.29, 0.717) is 18.4 Å². The number of aliphatic hydroxyl groups excluding tert-OH is 1. The molecule has 3 aromatic rings. The van der Waals surface area contributed by atoms with Gasteiger partial charge in [0.1, 0.15) is 30.4 Å². The van der Waals surface area contributed by atoms with Crippen LogP contribution < -0.4 is 5.32 Å². The van der Waals surface area contributed by atoms with E-state index < -0.39 is 65.4 Å². The lowest BCUT2D eigenvalue weighted by molar-refractivity contribution is -0.152. The molecule has 2 N–H and O–H groups in total. The number of benzene rings is 2. The number of allylic oxidation sites excluding steroid dienone is 1. The number of ether oxygens (including phenoxy) is 2. The highest BCUT2D eigenvalue weighted by Crippen LogP contribution is 2.56. The molecule has 50 heavy (non-hydrogen) atoms. The summed E-state index contributed by atoms with van der Waals surface area (Å²) < 4.78 is 13.9. The van der Waals surface area contributed by atoms with Gasteiger partial charge in [-0.1, -0.05) is 92.3 Å². The molecule has 5 bridgehead atoms. The molecule has 1 spiro atoms. The summed E-state index contributed by atoms with van der Waals surface area (Å²) in [6.07, 6.45) is 7.51. The molecule has 8 atom stereocenters. The number of amides is 3. The predicted molar refractivity (Wildman–Crippen MR) is 181 cm³/mol. The van der Waals surface area contributed by atoms with Crippen molar-refractivity contribution in [3.63, 3.8) is 0 Å². The van der Waals surface area contributed by atoms with Crippen molar-refractivity contribution in [2.45, 2.75) is 69.6 Å². The zero-order chi connectivity index (χ0) is 35.0. The van der Waals surface area contributed by atoms with Crippen LogP contribution in [-0.2, 0) is 35.3 Å². The van der Waals surface area contributed by atoms with Gasteiger partial charge in [-0.05, 0) is 30.0 Å². The van der Waals surface area contributed by atoms with Crippen molar-refractivity contribution < 1.29 is 33.8 Å². The Balaban J connectivity index is 1.32. The molecule has 2 saturated heterocycles. The lowest BCUT2D eigenvalue weighted by atomic mass is 9.74.